The molecule has 0 unspecified atom stereocenters. The van der Waals surface area contributed by atoms with Gasteiger partial charge in [0.1, 0.15) is 6.61 Å². The Labute approximate surface area is 131 Å². The van der Waals surface area contributed by atoms with Gasteiger partial charge in [-0.05, 0) is 19.5 Å². The molecule has 2 rings (SSSR count). The molecule has 0 spiro atoms. The smallest absolute Gasteiger partial charge is 0.407 e. The standard InChI is InChI=1S/C16H24N2O4/c1-13-8-21-12-16(11-19,18(13)2)10-17-15(20)22-9-14-6-4-3-5-7-14/h3-7,13,19H,8-12H2,1-2H3,(H,17,20)/t13-,16+/m1/s1. The number of carbonyl (C=O) groups is 1. The van der Waals surface area contributed by atoms with Gasteiger partial charge < -0.3 is 19.9 Å². The lowest BCUT2D eigenvalue weighted by Gasteiger charge is -2.47. The molecule has 1 heterocycles. The number of amides is 1. The first-order valence-electron chi connectivity index (χ1n) is 7.43. The highest BCUT2D eigenvalue weighted by atomic mass is 16.5. The molecule has 22 heavy (non-hydrogen) atoms. The van der Waals surface area contributed by atoms with Crippen molar-refractivity contribution in [1.82, 2.24) is 10.2 Å². The summed E-state index contributed by atoms with van der Waals surface area (Å²) >= 11 is 0. The first kappa shape index (κ1) is 16.7. The van der Waals surface area contributed by atoms with E-state index >= 15 is 0 Å². The molecule has 6 heteroatoms. The largest absolute Gasteiger partial charge is 0.445 e. The van der Waals surface area contributed by atoms with Gasteiger partial charge in [0.05, 0.1) is 25.4 Å². The van der Waals surface area contributed by atoms with Crippen molar-refractivity contribution < 1.29 is 19.4 Å². The number of nitrogens with one attached hydrogen (secondary N) is 1. The van der Waals surface area contributed by atoms with Crippen LogP contribution in [-0.4, -0.2) is 61.1 Å². The normalized spacial score (nSPS) is 25.7. The molecule has 1 fully saturated rings. The van der Waals surface area contributed by atoms with Crippen LogP contribution in [0.5, 0.6) is 0 Å². The number of nitrogens with zero attached hydrogens (tertiary/aromatic N) is 1. The van der Waals surface area contributed by atoms with Gasteiger partial charge in [0.2, 0.25) is 0 Å². The van der Waals surface area contributed by atoms with E-state index < -0.39 is 11.6 Å². The molecule has 122 valence electrons. The number of morpholine rings is 1. The van der Waals surface area contributed by atoms with Gasteiger partial charge in [0.15, 0.2) is 0 Å². The van der Waals surface area contributed by atoms with Crippen molar-refractivity contribution in [2.45, 2.75) is 25.1 Å². The van der Waals surface area contributed by atoms with Crippen LogP contribution in [0.3, 0.4) is 0 Å². The lowest BCUT2D eigenvalue weighted by molar-refractivity contribution is -0.105. The van der Waals surface area contributed by atoms with E-state index in [1.807, 2.05) is 49.2 Å². The molecule has 2 atom stereocenters. The molecule has 1 aromatic rings. The van der Waals surface area contributed by atoms with Crippen LogP contribution in [0.1, 0.15) is 12.5 Å². The molecule has 6 nitrogen and oxygen atoms in total. The van der Waals surface area contributed by atoms with Gasteiger partial charge in [-0.3, -0.25) is 4.90 Å². The van der Waals surface area contributed by atoms with Crippen molar-refractivity contribution >= 4 is 6.09 Å². The monoisotopic (exact) mass is 308 g/mol. The summed E-state index contributed by atoms with van der Waals surface area (Å²) in [6.07, 6.45) is -0.497. The molecule has 2 N–H and O–H groups in total. The van der Waals surface area contributed by atoms with Gasteiger partial charge in [-0.2, -0.15) is 0 Å². The van der Waals surface area contributed by atoms with E-state index in [1.165, 1.54) is 0 Å². The predicted molar refractivity (Wildman–Crippen MR) is 82.5 cm³/mol. The summed E-state index contributed by atoms with van der Waals surface area (Å²) in [6, 6.07) is 9.68. The van der Waals surface area contributed by atoms with Crippen LogP contribution in [0.25, 0.3) is 0 Å². The number of likely N-dealkylation sites (N-methyl/N-ethyl adjacent to an activating group) is 1. The predicted octanol–water partition coefficient (Wildman–Crippen LogP) is 0.994. The summed E-state index contributed by atoms with van der Waals surface area (Å²) < 4.78 is 10.7. The Morgan fingerprint density at radius 2 is 2.23 bits per heavy atom. The maximum absolute atomic E-state index is 11.8. The topological polar surface area (TPSA) is 71.0 Å². The van der Waals surface area contributed by atoms with Crippen molar-refractivity contribution in [2.24, 2.45) is 0 Å². The molecule has 0 aliphatic carbocycles. The Bertz CT molecular complexity index is 482. The summed E-state index contributed by atoms with van der Waals surface area (Å²) in [6.45, 7) is 3.43. The van der Waals surface area contributed by atoms with E-state index in [4.69, 9.17) is 9.47 Å². The zero-order valence-electron chi connectivity index (χ0n) is 13.1. The summed E-state index contributed by atoms with van der Waals surface area (Å²) in [5.41, 5.74) is 0.324. The van der Waals surface area contributed by atoms with E-state index in [0.717, 1.165) is 5.56 Å². The molecule has 1 aliphatic heterocycles. The van der Waals surface area contributed by atoms with Crippen LogP contribution < -0.4 is 5.32 Å². The van der Waals surface area contributed by atoms with E-state index in [2.05, 4.69) is 5.32 Å². The van der Waals surface area contributed by atoms with Crippen LogP contribution in [0.2, 0.25) is 0 Å². The Kier molecular flexibility index (Phi) is 5.76. The Balaban J connectivity index is 1.83. The molecule has 1 aromatic carbocycles. The number of hydrogen-bond donors (Lipinski definition) is 2. The van der Waals surface area contributed by atoms with Crippen molar-refractivity contribution in [3.05, 3.63) is 35.9 Å². The second-order valence-electron chi connectivity index (χ2n) is 5.77. The average molecular weight is 308 g/mol. The molecule has 1 aliphatic rings. The number of carbonyl (C=O) groups excluding carboxylic acids is 1. The lowest BCUT2D eigenvalue weighted by Crippen LogP contribution is -2.65. The Morgan fingerprint density at radius 1 is 1.50 bits per heavy atom. The third kappa shape index (κ3) is 3.97. The van der Waals surface area contributed by atoms with Gasteiger partial charge in [0, 0.05) is 12.6 Å². The van der Waals surface area contributed by atoms with Gasteiger partial charge in [-0.15, -0.1) is 0 Å². The number of aliphatic hydroxyl groups is 1. The first-order chi connectivity index (χ1) is 10.6. The SMILES string of the molecule is C[C@@H]1COC[C@@](CO)(CNC(=O)OCc2ccccc2)N1C. The molecule has 0 bridgehead atoms. The minimum atomic E-state index is -0.608. The van der Waals surface area contributed by atoms with E-state index in [9.17, 15) is 9.90 Å². The molecule has 0 saturated carbocycles. The van der Waals surface area contributed by atoms with Crippen LogP contribution in [0, 0.1) is 0 Å². The quantitative estimate of drug-likeness (QED) is 0.849. The highest BCUT2D eigenvalue weighted by Crippen LogP contribution is 2.21. The molecular formula is C16H24N2O4. The molecule has 0 aromatic heterocycles. The number of benzene rings is 1. The Morgan fingerprint density at radius 3 is 2.91 bits per heavy atom. The van der Waals surface area contributed by atoms with Crippen molar-refractivity contribution in [3.8, 4) is 0 Å². The van der Waals surface area contributed by atoms with Crippen LogP contribution in [0.4, 0.5) is 4.79 Å². The van der Waals surface area contributed by atoms with Crippen LogP contribution in [-0.2, 0) is 16.1 Å². The third-order valence-corrected chi connectivity index (χ3v) is 4.21. The molecular weight excluding hydrogens is 284 g/mol. The number of rotatable bonds is 5. The number of aliphatic hydroxyl groups excluding tert-OH is 1. The second-order valence-corrected chi connectivity index (χ2v) is 5.77. The average Bonchev–Trinajstić information content (AvgIpc) is 2.55. The van der Waals surface area contributed by atoms with Gasteiger partial charge in [-0.25, -0.2) is 4.79 Å². The fourth-order valence-electron chi connectivity index (χ4n) is 2.50. The Hall–Kier alpha value is -1.63. The first-order valence-corrected chi connectivity index (χ1v) is 7.43. The van der Waals surface area contributed by atoms with E-state index in [1.54, 1.807) is 0 Å². The number of alkyl carbamates (subject to hydrolysis) is 1. The minimum absolute atomic E-state index is 0.0905. The second kappa shape index (κ2) is 7.58. The zero-order chi connectivity index (χ0) is 16.0. The summed E-state index contributed by atoms with van der Waals surface area (Å²) in [5.74, 6) is 0. The number of ether oxygens (including phenoxy) is 2. The molecule has 1 saturated heterocycles. The third-order valence-electron chi connectivity index (χ3n) is 4.21. The zero-order valence-corrected chi connectivity index (χ0v) is 13.1. The minimum Gasteiger partial charge on any atom is -0.445 e. The highest BCUT2D eigenvalue weighted by Gasteiger charge is 2.40. The van der Waals surface area contributed by atoms with Crippen LogP contribution >= 0.6 is 0 Å². The lowest BCUT2D eigenvalue weighted by atomic mass is 9.96. The molecule has 0 radical (unpaired) electrons. The summed E-state index contributed by atoms with van der Waals surface area (Å²) in [5, 5.41) is 12.5. The summed E-state index contributed by atoms with van der Waals surface area (Å²) in [7, 11) is 1.93. The van der Waals surface area contributed by atoms with Crippen molar-refractivity contribution in [2.75, 3.05) is 33.4 Å². The number of hydrogen-bond acceptors (Lipinski definition) is 5. The summed E-state index contributed by atoms with van der Waals surface area (Å²) in [4.78, 5) is 13.9. The maximum atomic E-state index is 11.8. The van der Waals surface area contributed by atoms with Crippen LogP contribution in [0.15, 0.2) is 30.3 Å². The fraction of sp³-hybridized carbons (Fsp3) is 0.562. The van der Waals surface area contributed by atoms with Gasteiger partial charge >= 0.3 is 6.09 Å². The van der Waals surface area contributed by atoms with Gasteiger partial charge in [0.25, 0.3) is 0 Å². The van der Waals surface area contributed by atoms with Crippen molar-refractivity contribution in [3.63, 3.8) is 0 Å². The van der Waals surface area contributed by atoms with Gasteiger partial charge in [-0.1, -0.05) is 30.3 Å². The maximum Gasteiger partial charge on any atom is 0.407 e. The highest BCUT2D eigenvalue weighted by molar-refractivity contribution is 5.67. The fourth-order valence-corrected chi connectivity index (χ4v) is 2.50. The van der Waals surface area contributed by atoms with Crippen molar-refractivity contribution in [1.29, 1.82) is 0 Å². The van der Waals surface area contributed by atoms with E-state index in [-0.39, 0.29) is 25.8 Å². The van der Waals surface area contributed by atoms with E-state index in [0.29, 0.717) is 13.2 Å². The molecule has 1 amide bonds.